The summed E-state index contributed by atoms with van der Waals surface area (Å²) in [5, 5.41) is 0.867. The van der Waals surface area contributed by atoms with Gasteiger partial charge in [0.25, 0.3) is 0 Å². The maximum Gasteiger partial charge on any atom is 0.164 e. The van der Waals surface area contributed by atoms with Crippen LogP contribution in [-0.2, 0) is 9.47 Å². The molecule has 0 N–H and O–H groups in total. The van der Waals surface area contributed by atoms with E-state index in [2.05, 4.69) is 28.9 Å². The molecule has 0 amide bonds. The normalized spacial score (nSPS) is 33.8. The summed E-state index contributed by atoms with van der Waals surface area (Å²) < 4.78 is 11.4. The lowest BCUT2D eigenvalue weighted by atomic mass is 10.1. The van der Waals surface area contributed by atoms with E-state index in [0.29, 0.717) is 0 Å². The zero-order chi connectivity index (χ0) is 10.1. The van der Waals surface area contributed by atoms with Gasteiger partial charge in [-0.25, -0.2) is 0 Å². The molecule has 2 atom stereocenters. The van der Waals surface area contributed by atoms with Crippen LogP contribution in [-0.4, -0.2) is 23.3 Å². The maximum absolute atomic E-state index is 5.76. The zero-order valence-electron chi connectivity index (χ0n) is 8.63. The van der Waals surface area contributed by atoms with Gasteiger partial charge in [0.15, 0.2) is 5.79 Å². The number of alkyl halides is 1. The Morgan fingerprint density at radius 3 is 2.46 bits per heavy atom. The van der Waals surface area contributed by atoms with Crippen molar-refractivity contribution in [2.75, 3.05) is 5.33 Å². The van der Waals surface area contributed by atoms with Crippen molar-refractivity contribution in [3.63, 3.8) is 0 Å². The van der Waals surface area contributed by atoms with Crippen LogP contribution < -0.4 is 0 Å². The van der Waals surface area contributed by atoms with Gasteiger partial charge in [0.1, 0.15) is 6.10 Å². The molecule has 0 unspecified atom stereocenters. The maximum atomic E-state index is 5.76. The highest BCUT2D eigenvalue weighted by atomic mass is 79.9. The third-order valence-corrected chi connectivity index (χ3v) is 2.48. The Kier molecular flexibility index (Phi) is 3.55. The summed E-state index contributed by atoms with van der Waals surface area (Å²) in [6, 6.07) is 0. The highest BCUT2D eigenvalue weighted by molar-refractivity contribution is 9.09. The molecular weight excluding hydrogens is 232 g/mol. The van der Waals surface area contributed by atoms with Crippen molar-refractivity contribution in [3.8, 4) is 0 Å². The summed E-state index contributed by atoms with van der Waals surface area (Å²) in [4.78, 5) is 0. The van der Waals surface area contributed by atoms with Crippen LogP contribution in [0, 0.1) is 0 Å². The summed E-state index contributed by atoms with van der Waals surface area (Å²) in [6.45, 7) is 8.02. The predicted molar refractivity (Wildman–Crippen MR) is 57.1 cm³/mol. The van der Waals surface area contributed by atoms with Crippen LogP contribution in [0.15, 0.2) is 11.6 Å². The Bertz CT molecular complexity index is 211. The molecular formula is C10H17BrO2. The Morgan fingerprint density at radius 2 is 2.08 bits per heavy atom. The van der Waals surface area contributed by atoms with Crippen molar-refractivity contribution in [2.24, 2.45) is 0 Å². The molecule has 3 heteroatoms. The van der Waals surface area contributed by atoms with Crippen LogP contribution in [0.1, 0.15) is 27.7 Å². The second kappa shape index (κ2) is 4.11. The Morgan fingerprint density at radius 1 is 1.46 bits per heavy atom. The summed E-state index contributed by atoms with van der Waals surface area (Å²) >= 11 is 3.37. The Labute approximate surface area is 88.4 Å². The van der Waals surface area contributed by atoms with Crippen molar-refractivity contribution in [3.05, 3.63) is 11.6 Å². The van der Waals surface area contributed by atoms with Gasteiger partial charge >= 0.3 is 0 Å². The van der Waals surface area contributed by atoms with E-state index in [-0.39, 0.29) is 12.2 Å². The predicted octanol–water partition coefficient (Wildman–Crippen LogP) is 2.87. The van der Waals surface area contributed by atoms with Crippen LogP contribution in [0.5, 0.6) is 0 Å². The van der Waals surface area contributed by atoms with Crippen LogP contribution in [0.25, 0.3) is 0 Å². The quantitative estimate of drug-likeness (QED) is 0.553. The molecule has 0 aromatic heterocycles. The fraction of sp³-hybridized carbons (Fsp3) is 0.800. The van der Waals surface area contributed by atoms with Crippen molar-refractivity contribution in [2.45, 2.75) is 45.7 Å². The largest absolute Gasteiger partial charge is 0.345 e. The number of hydrogen-bond donors (Lipinski definition) is 0. The molecule has 0 aromatic carbocycles. The standard InChI is InChI=1S/C10H17BrO2/c1-7(5-6-11)9-8(2)12-10(3,4)13-9/h5,8-9H,6H2,1-4H3/b7-5+/t8-,9-/m1/s1. The molecule has 1 rings (SSSR count). The van der Waals surface area contributed by atoms with Gasteiger partial charge in [0.05, 0.1) is 6.10 Å². The number of hydrogen-bond acceptors (Lipinski definition) is 2. The van der Waals surface area contributed by atoms with E-state index in [1.807, 2.05) is 20.8 Å². The second-order valence-electron chi connectivity index (χ2n) is 3.86. The lowest BCUT2D eigenvalue weighted by Gasteiger charge is -2.17. The van der Waals surface area contributed by atoms with E-state index in [0.717, 1.165) is 5.33 Å². The van der Waals surface area contributed by atoms with E-state index in [4.69, 9.17) is 9.47 Å². The summed E-state index contributed by atoms with van der Waals surface area (Å²) in [5.41, 5.74) is 1.23. The van der Waals surface area contributed by atoms with Crippen molar-refractivity contribution in [1.29, 1.82) is 0 Å². The third-order valence-electron chi connectivity index (χ3n) is 2.15. The first-order valence-electron chi connectivity index (χ1n) is 4.54. The molecule has 1 fully saturated rings. The monoisotopic (exact) mass is 248 g/mol. The van der Waals surface area contributed by atoms with Gasteiger partial charge in [-0.05, 0) is 33.3 Å². The first kappa shape index (κ1) is 11.2. The molecule has 0 saturated carbocycles. The van der Waals surface area contributed by atoms with Gasteiger partial charge in [-0.15, -0.1) is 0 Å². The van der Waals surface area contributed by atoms with Crippen LogP contribution in [0.4, 0.5) is 0 Å². The second-order valence-corrected chi connectivity index (χ2v) is 4.51. The topological polar surface area (TPSA) is 18.5 Å². The van der Waals surface area contributed by atoms with Gasteiger partial charge in [0, 0.05) is 5.33 Å². The minimum absolute atomic E-state index is 0.104. The molecule has 0 aliphatic carbocycles. The number of allylic oxidation sites excluding steroid dienone is 1. The van der Waals surface area contributed by atoms with Gasteiger partial charge in [-0.1, -0.05) is 22.0 Å². The Hall–Kier alpha value is 0.140. The number of ether oxygens (including phenoxy) is 2. The fourth-order valence-electron chi connectivity index (χ4n) is 1.64. The lowest BCUT2D eigenvalue weighted by Crippen LogP contribution is -2.22. The molecule has 0 aromatic rings. The van der Waals surface area contributed by atoms with Gasteiger partial charge in [-0.3, -0.25) is 0 Å². The molecule has 2 nitrogen and oxygen atoms in total. The number of halogens is 1. The first-order valence-corrected chi connectivity index (χ1v) is 5.66. The van der Waals surface area contributed by atoms with E-state index in [1.165, 1.54) is 5.57 Å². The van der Waals surface area contributed by atoms with Gasteiger partial charge in [-0.2, -0.15) is 0 Å². The molecule has 0 radical (unpaired) electrons. The van der Waals surface area contributed by atoms with Gasteiger partial charge in [0.2, 0.25) is 0 Å². The number of rotatable bonds is 2. The highest BCUT2D eigenvalue weighted by Crippen LogP contribution is 2.31. The summed E-state index contributed by atoms with van der Waals surface area (Å²) in [6.07, 6.45) is 2.36. The molecule has 1 heterocycles. The fourth-order valence-corrected chi connectivity index (χ4v) is 2.15. The summed E-state index contributed by atoms with van der Waals surface area (Å²) in [7, 11) is 0. The average molecular weight is 249 g/mol. The van der Waals surface area contributed by atoms with Crippen LogP contribution in [0.2, 0.25) is 0 Å². The van der Waals surface area contributed by atoms with Crippen LogP contribution in [0.3, 0.4) is 0 Å². The molecule has 1 aliphatic rings. The molecule has 0 spiro atoms. The highest BCUT2D eigenvalue weighted by Gasteiger charge is 2.39. The summed E-state index contributed by atoms with van der Waals surface area (Å²) in [5.74, 6) is -0.439. The molecule has 0 bridgehead atoms. The van der Waals surface area contributed by atoms with Crippen molar-refractivity contribution < 1.29 is 9.47 Å². The van der Waals surface area contributed by atoms with E-state index in [9.17, 15) is 0 Å². The van der Waals surface area contributed by atoms with E-state index >= 15 is 0 Å². The minimum Gasteiger partial charge on any atom is -0.345 e. The van der Waals surface area contributed by atoms with Crippen molar-refractivity contribution in [1.82, 2.24) is 0 Å². The molecule has 76 valence electrons. The van der Waals surface area contributed by atoms with E-state index < -0.39 is 5.79 Å². The SMILES string of the molecule is C/C(=C\CBr)[C@H]1OC(C)(C)O[C@@H]1C. The first-order chi connectivity index (χ1) is 5.96. The Balaban J connectivity index is 2.68. The molecule has 13 heavy (non-hydrogen) atoms. The lowest BCUT2D eigenvalue weighted by molar-refractivity contribution is -0.142. The third kappa shape index (κ3) is 2.79. The van der Waals surface area contributed by atoms with E-state index in [1.54, 1.807) is 0 Å². The van der Waals surface area contributed by atoms with Crippen molar-refractivity contribution >= 4 is 15.9 Å². The average Bonchev–Trinajstić information content (AvgIpc) is 2.25. The van der Waals surface area contributed by atoms with Crippen LogP contribution >= 0.6 is 15.9 Å². The minimum atomic E-state index is -0.439. The molecule has 1 aliphatic heterocycles. The van der Waals surface area contributed by atoms with Gasteiger partial charge < -0.3 is 9.47 Å². The zero-order valence-corrected chi connectivity index (χ0v) is 10.2. The molecule has 1 saturated heterocycles. The smallest absolute Gasteiger partial charge is 0.164 e.